The molecular weight excluding hydrogens is 290 g/mol. The van der Waals surface area contributed by atoms with Crippen LogP contribution in [0.4, 0.5) is 0 Å². The molecule has 1 aromatic heterocycles. The molecule has 0 radical (unpaired) electrons. The van der Waals surface area contributed by atoms with E-state index >= 15 is 0 Å². The summed E-state index contributed by atoms with van der Waals surface area (Å²) >= 11 is 0. The van der Waals surface area contributed by atoms with Crippen LogP contribution in [0.3, 0.4) is 0 Å². The first-order chi connectivity index (χ1) is 11.0. The van der Waals surface area contributed by atoms with Gasteiger partial charge in [0.2, 0.25) is 0 Å². The van der Waals surface area contributed by atoms with Crippen molar-refractivity contribution < 1.29 is 9.59 Å². The van der Waals surface area contributed by atoms with Gasteiger partial charge in [-0.05, 0) is 38.5 Å². The molecule has 2 aromatic rings. The van der Waals surface area contributed by atoms with E-state index in [9.17, 15) is 9.59 Å². The minimum absolute atomic E-state index is 0.0334. The lowest BCUT2D eigenvalue weighted by Gasteiger charge is -2.14. The van der Waals surface area contributed by atoms with E-state index in [1.807, 2.05) is 51.1 Å². The maximum absolute atomic E-state index is 12.3. The zero-order valence-electron chi connectivity index (χ0n) is 13.5. The number of nitrogens with one attached hydrogen (secondary N) is 2. The number of amides is 2. The number of hydrogen-bond donors (Lipinski definition) is 2. The molecule has 0 aliphatic heterocycles. The monoisotopic (exact) mass is 311 g/mol. The molecule has 2 rings (SSSR count). The lowest BCUT2D eigenvalue weighted by Crippen LogP contribution is -2.31. The molecule has 0 spiro atoms. The summed E-state index contributed by atoms with van der Waals surface area (Å²) in [4.78, 5) is 28.4. The van der Waals surface area contributed by atoms with Gasteiger partial charge in [-0.1, -0.05) is 30.3 Å². The molecule has 0 saturated heterocycles. The van der Waals surface area contributed by atoms with E-state index in [2.05, 4.69) is 15.6 Å². The maximum Gasteiger partial charge on any atom is 0.270 e. The third kappa shape index (κ3) is 4.64. The molecule has 0 aliphatic rings. The second-order valence-corrected chi connectivity index (χ2v) is 5.66. The van der Waals surface area contributed by atoms with Gasteiger partial charge in [-0.3, -0.25) is 14.6 Å². The van der Waals surface area contributed by atoms with Crippen LogP contribution >= 0.6 is 0 Å². The lowest BCUT2D eigenvalue weighted by molar-refractivity contribution is 0.0935. The van der Waals surface area contributed by atoms with Crippen molar-refractivity contribution in [1.82, 2.24) is 15.6 Å². The first-order valence-electron chi connectivity index (χ1n) is 7.60. The molecule has 23 heavy (non-hydrogen) atoms. The van der Waals surface area contributed by atoms with Crippen LogP contribution in [0.2, 0.25) is 0 Å². The predicted molar refractivity (Wildman–Crippen MR) is 89.2 cm³/mol. The summed E-state index contributed by atoms with van der Waals surface area (Å²) < 4.78 is 0. The summed E-state index contributed by atoms with van der Waals surface area (Å²) in [5.41, 5.74) is 1.66. The molecule has 1 unspecified atom stereocenters. The number of hydrogen-bond acceptors (Lipinski definition) is 3. The van der Waals surface area contributed by atoms with E-state index in [1.165, 1.54) is 12.3 Å². The summed E-state index contributed by atoms with van der Waals surface area (Å²) in [6.07, 6.45) is 1.47. The van der Waals surface area contributed by atoms with Gasteiger partial charge in [0.05, 0.1) is 6.04 Å². The van der Waals surface area contributed by atoms with Crippen LogP contribution in [0.15, 0.2) is 48.7 Å². The number of nitrogens with zero attached hydrogens (tertiary/aromatic N) is 1. The van der Waals surface area contributed by atoms with Crippen molar-refractivity contribution in [2.45, 2.75) is 32.9 Å². The third-order valence-electron chi connectivity index (χ3n) is 3.32. The molecule has 1 heterocycles. The molecule has 2 N–H and O–H groups in total. The van der Waals surface area contributed by atoms with Gasteiger partial charge in [0, 0.05) is 17.8 Å². The fourth-order valence-electron chi connectivity index (χ4n) is 2.14. The third-order valence-corrected chi connectivity index (χ3v) is 3.32. The molecule has 5 nitrogen and oxygen atoms in total. The van der Waals surface area contributed by atoms with Crippen molar-refractivity contribution in [1.29, 1.82) is 0 Å². The van der Waals surface area contributed by atoms with Crippen molar-refractivity contribution in [3.63, 3.8) is 0 Å². The topological polar surface area (TPSA) is 71.1 Å². The van der Waals surface area contributed by atoms with Gasteiger partial charge in [0.25, 0.3) is 11.8 Å². The van der Waals surface area contributed by atoms with Gasteiger partial charge in [-0.15, -0.1) is 0 Å². The van der Waals surface area contributed by atoms with Gasteiger partial charge in [0.1, 0.15) is 5.69 Å². The number of carbonyl (C=O) groups excluding carboxylic acids is 2. The number of rotatable bonds is 5. The zero-order valence-corrected chi connectivity index (χ0v) is 13.5. The van der Waals surface area contributed by atoms with Crippen molar-refractivity contribution in [2.75, 3.05) is 0 Å². The van der Waals surface area contributed by atoms with Crippen LogP contribution in [0, 0.1) is 0 Å². The smallest absolute Gasteiger partial charge is 0.270 e. The molecule has 2 amide bonds. The molecule has 0 saturated carbocycles. The van der Waals surface area contributed by atoms with Crippen LogP contribution < -0.4 is 10.6 Å². The summed E-state index contributed by atoms with van der Waals surface area (Å²) in [6.45, 7) is 5.67. The Morgan fingerprint density at radius 2 is 1.65 bits per heavy atom. The first kappa shape index (κ1) is 16.7. The Kier molecular flexibility index (Phi) is 5.46. The number of aromatic nitrogens is 1. The van der Waals surface area contributed by atoms with E-state index in [0.29, 0.717) is 5.56 Å². The summed E-state index contributed by atoms with van der Waals surface area (Å²) in [7, 11) is 0. The Morgan fingerprint density at radius 1 is 0.957 bits per heavy atom. The highest BCUT2D eigenvalue weighted by Crippen LogP contribution is 2.12. The van der Waals surface area contributed by atoms with Crippen LogP contribution in [0.5, 0.6) is 0 Å². The molecule has 120 valence electrons. The van der Waals surface area contributed by atoms with Crippen LogP contribution in [0.25, 0.3) is 0 Å². The van der Waals surface area contributed by atoms with Crippen molar-refractivity contribution >= 4 is 11.8 Å². The Morgan fingerprint density at radius 3 is 2.30 bits per heavy atom. The number of carbonyl (C=O) groups is 2. The van der Waals surface area contributed by atoms with Gasteiger partial charge < -0.3 is 10.6 Å². The van der Waals surface area contributed by atoms with E-state index in [0.717, 1.165) is 5.56 Å². The normalized spacial score (nSPS) is 11.8. The highest BCUT2D eigenvalue weighted by molar-refractivity contribution is 5.98. The summed E-state index contributed by atoms with van der Waals surface area (Å²) in [6, 6.07) is 12.7. The second-order valence-electron chi connectivity index (χ2n) is 5.66. The standard InChI is InChI=1S/C18H21N3O2/c1-12(2)20-17(22)15-9-10-19-16(11-15)18(23)21-13(3)14-7-5-4-6-8-14/h4-13H,1-3H3,(H,20,22)(H,21,23). The minimum atomic E-state index is -0.305. The van der Waals surface area contributed by atoms with Gasteiger partial charge >= 0.3 is 0 Å². The minimum Gasteiger partial charge on any atom is -0.350 e. The van der Waals surface area contributed by atoms with Crippen molar-refractivity contribution in [3.8, 4) is 0 Å². The number of pyridine rings is 1. The van der Waals surface area contributed by atoms with Crippen LogP contribution in [-0.2, 0) is 0 Å². The first-order valence-corrected chi connectivity index (χ1v) is 7.60. The Labute approximate surface area is 136 Å². The highest BCUT2D eigenvalue weighted by Gasteiger charge is 2.15. The van der Waals surface area contributed by atoms with E-state index in [-0.39, 0.29) is 29.6 Å². The summed E-state index contributed by atoms with van der Waals surface area (Å²) in [5, 5.41) is 5.68. The van der Waals surface area contributed by atoms with E-state index < -0.39 is 0 Å². The molecule has 0 bridgehead atoms. The van der Waals surface area contributed by atoms with E-state index in [4.69, 9.17) is 0 Å². The van der Waals surface area contributed by atoms with Gasteiger partial charge in [-0.25, -0.2) is 0 Å². The lowest BCUT2D eigenvalue weighted by atomic mass is 10.1. The molecule has 5 heteroatoms. The van der Waals surface area contributed by atoms with E-state index in [1.54, 1.807) is 6.07 Å². The molecule has 1 atom stereocenters. The van der Waals surface area contributed by atoms with Crippen LogP contribution in [-0.4, -0.2) is 22.8 Å². The fraction of sp³-hybridized carbons (Fsp3) is 0.278. The Bertz CT molecular complexity index is 684. The highest BCUT2D eigenvalue weighted by atomic mass is 16.2. The summed E-state index contributed by atoms with van der Waals surface area (Å²) in [5.74, 6) is -0.520. The van der Waals surface area contributed by atoms with Crippen molar-refractivity contribution in [3.05, 3.63) is 65.5 Å². The van der Waals surface area contributed by atoms with Gasteiger partial charge in [-0.2, -0.15) is 0 Å². The average molecular weight is 311 g/mol. The predicted octanol–water partition coefficient (Wildman–Crippen LogP) is 2.71. The number of benzene rings is 1. The molecule has 1 aromatic carbocycles. The molecular formula is C18H21N3O2. The van der Waals surface area contributed by atoms with Gasteiger partial charge in [0.15, 0.2) is 0 Å². The zero-order chi connectivity index (χ0) is 16.8. The quantitative estimate of drug-likeness (QED) is 0.892. The molecule has 0 fully saturated rings. The second kappa shape index (κ2) is 7.54. The largest absolute Gasteiger partial charge is 0.350 e. The Hall–Kier alpha value is -2.69. The maximum atomic E-state index is 12.3. The fourth-order valence-corrected chi connectivity index (χ4v) is 2.14. The van der Waals surface area contributed by atoms with Crippen molar-refractivity contribution in [2.24, 2.45) is 0 Å². The Balaban J connectivity index is 2.09. The molecule has 0 aliphatic carbocycles. The average Bonchev–Trinajstić information content (AvgIpc) is 2.55. The van der Waals surface area contributed by atoms with Crippen LogP contribution in [0.1, 0.15) is 53.2 Å². The SMILES string of the molecule is CC(C)NC(=O)c1ccnc(C(=O)NC(C)c2ccccc2)c1.